The molecule has 200 valence electrons. The van der Waals surface area contributed by atoms with Crippen LogP contribution in [0.4, 0.5) is 0 Å². The Morgan fingerprint density at radius 3 is 2.32 bits per heavy atom. The van der Waals surface area contributed by atoms with Gasteiger partial charge in [-0.3, -0.25) is 9.59 Å². The summed E-state index contributed by atoms with van der Waals surface area (Å²) in [6, 6.07) is 15.7. The van der Waals surface area contributed by atoms with Crippen LogP contribution < -0.4 is 9.47 Å². The molecule has 0 unspecified atom stereocenters. The highest BCUT2D eigenvalue weighted by Gasteiger charge is 2.34. The number of amides is 1. The highest BCUT2D eigenvalue weighted by atomic mass is 16.5. The van der Waals surface area contributed by atoms with E-state index in [-0.39, 0.29) is 30.8 Å². The molecule has 0 aliphatic heterocycles. The van der Waals surface area contributed by atoms with Gasteiger partial charge >= 0.3 is 5.97 Å². The molecule has 7 nitrogen and oxygen atoms in total. The number of methoxy groups -OCH3 is 1. The molecule has 1 heterocycles. The standard InChI is InChI=1S/C31H36N2O5/c1-5-33(31(35)22-13-14-22)20-26-25(18-29(34)38-7-3)24(23-15-16-28(32-19-23)37-6-2)17-27(36-4)30(26)21-11-9-8-10-12-21/h8-12,15-17,19,22H,5-7,13-14,18,20H2,1-4H3. The average Bonchev–Trinajstić information content (AvgIpc) is 3.79. The average molecular weight is 517 g/mol. The minimum absolute atomic E-state index is 0.0602. The normalized spacial score (nSPS) is 12.6. The molecule has 0 spiro atoms. The third-order valence-corrected chi connectivity index (χ3v) is 6.73. The van der Waals surface area contributed by atoms with Crippen LogP contribution in [0.1, 0.15) is 44.7 Å². The third kappa shape index (κ3) is 6.15. The molecule has 2 aromatic carbocycles. The number of carbonyl (C=O) groups excluding carboxylic acids is 2. The maximum Gasteiger partial charge on any atom is 0.310 e. The molecule has 4 rings (SSSR count). The van der Waals surface area contributed by atoms with Gasteiger partial charge in [-0.2, -0.15) is 0 Å². The van der Waals surface area contributed by atoms with Gasteiger partial charge in [0.15, 0.2) is 0 Å². The van der Waals surface area contributed by atoms with Gasteiger partial charge in [-0.25, -0.2) is 4.98 Å². The first-order valence-corrected chi connectivity index (χ1v) is 13.3. The third-order valence-electron chi connectivity index (χ3n) is 6.73. The largest absolute Gasteiger partial charge is 0.496 e. The molecule has 0 radical (unpaired) electrons. The van der Waals surface area contributed by atoms with E-state index in [0.717, 1.165) is 46.2 Å². The molecule has 1 saturated carbocycles. The molecule has 0 atom stereocenters. The summed E-state index contributed by atoms with van der Waals surface area (Å²) in [6.07, 6.45) is 3.66. The number of benzene rings is 2. The SMILES string of the molecule is CCOC(=O)Cc1c(-c2ccc(OCC)nc2)cc(OC)c(-c2ccccc2)c1CN(CC)C(=O)C1CC1. The van der Waals surface area contributed by atoms with Crippen molar-refractivity contribution in [1.29, 1.82) is 0 Å². The van der Waals surface area contributed by atoms with Crippen molar-refractivity contribution < 1.29 is 23.8 Å². The predicted octanol–water partition coefficient (Wildman–Crippen LogP) is 5.69. The Bertz CT molecular complexity index is 1250. The van der Waals surface area contributed by atoms with Crippen molar-refractivity contribution in [3.8, 4) is 33.9 Å². The number of esters is 1. The molecule has 38 heavy (non-hydrogen) atoms. The van der Waals surface area contributed by atoms with Gasteiger partial charge in [0.05, 0.1) is 26.7 Å². The van der Waals surface area contributed by atoms with Gasteiger partial charge in [0.2, 0.25) is 11.8 Å². The summed E-state index contributed by atoms with van der Waals surface area (Å²) in [4.78, 5) is 32.5. The summed E-state index contributed by atoms with van der Waals surface area (Å²) in [6.45, 7) is 7.44. The van der Waals surface area contributed by atoms with Gasteiger partial charge in [0.1, 0.15) is 5.75 Å². The van der Waals surface area contributed by atoms with E-state index in [1.165, 1.54) is 0 Å². The minimum atomic E-state index is -0.324. The van der Waals surface area contributed by atoms with Crippen LogP contribution >= 0.6 is 0 Å². The molecule has 1 aliphatic rings. The zero-order valence-electron chi connectivity index (χ0n) is 22.7. The van der Waals surface area contributed by atoms with Crippen molar-refractivity contribution in [2.24, 2.45) is 5.92 Å². The Labute approximate surface area is 224 Å². The van der Waals surface area contributed by atoms with Crippen molar-refractivity contribution in [3.05, 3.63) is 65.9 Å². The first kappa shape index (κ1) is 27.2. The molecule has 7 heteroatoms. The van der Waals surface area contributed by atoms with Crippen molar-refractivity contribution in [2.45, 2.75) is 46.6 Å². The second-order valence-electron chi connectivity index (χ2n) is 9.25. The summed E-state index contributed by atoms with van der Waals surface area (Å²) in [5.74, 6) is 1.11. The zero-order valence-corrected chi connectivity index (χ0v) is 22.7. The molecule has 0 N–H and O–H groups in total. The second-order valence-corrected chi connectivity index (χ2v) is 9.25. The highest BCUT2D eigenvalue weighted by Crippen LogP contribution is 2.42. The Hall–Kier alpha value is -3.87. The molecule has 1 aromatic heterocycles. The van der Waals surface area contributed by atoms with Crippen LogP contribution in [0.5, 0.6) is 11.6 Å². The summed E-state index contributed by atoms with van der Waals surface area (Å²) >= 11 is 0. The molecule has 1 fully saturated rings. The monoisotopic (exact) mass is 516 g/mol. The van der Waals surface area contributed by atoms with Crippen LogP contribution in [0.3, 0.4) is 0 Å². The van der Waals surface area contributed by atoms with E-state index in [1.807, 2.05) is 67.3 Å². The fourth-order valence-electron chi connectivity index (χ4n) is 4.72. The van der Waals surface area contributed by atoms with Crippen molar-refractivity contribution in [1.82, 2.24) is 9.88 Å². The summed E-state index contributed by atoms with van der Waals surface area (Å²) in [5, 5.41) is 0. The number of pyridine rings is 1. The lowest BCUT2D eigenvalue weighted by molar-refractivity contribution is -0.142. The van der Waals surface area contributed by atoms with E-state index in [4.69, 9.17) is 14.2 Å². The first-order valence-electron chi connectivity index (χ1n) is 13.3. The number of hydrogen-bond acceptors (Lipinski definition) is 6. The van der Waals surface area contributed by atoms with Crippen LogP contribution in [0.15, 0.2) is 54.7 Å². The maximum atomic E-state index is 13.2. The lowest BCUT2D eigenvalue weighted by Crippen LogP contribution is -2.32. The van der Waals surface area contributed by atoms with E-state index in [0.29, 0.717) is 31.3 Å². The zero-order chi connectivity index (χ0) is 27.1. The quantitative estimate of drug-likeness (QED) is 0.288. The molecule has 1 amide bonds. The molecule has 1 aliphatic carbocycles. The van der Waals surface area contributed by atoms with Crippen molar-refractivity contribution in [3.63, 3.8) is 0 Å². The van der Waals surface area contributed by atoms with Gasteiger partial charge in [-0.15, -0.1) is 0 Å². The summed E-state index contributed by atoms with van der Waals surface area (Å²) in [5.41, 5.74) is 5.14. The first-order chi connectivity index (χ1) is 18.5. The Morgan fingerprint density at radius 2 is 1.74 bits per heavy atom. The lowest BCUT2D eigenvalue weighted by Gasteiger charge is -2.27. The minimum Gasteiger partial charge on any atom is -0.496 e. The lowest BCUT2D eigenvalue weighted by atomic mass is 9.86. The van der Waals surface area contributed by atoms with Gasteiger partial charge in [0, 0.05) is 42.4 Å². The molecular weight excluding hydrogens is 480 g/mol. The van der Waals surface area contributed by atoms with E-state index in [1.54, 1.807) is 20.2 Å². The predicted molar refractivity (Wildman–Crippen MR) is 147 cm³/mol. The van der Waals surface area contributed by atoms with Crippen molar-refractivity contribution in [2.75, 3.05) is 26.9 Å². The number of ether oxygens (including phenoxy) is 3. The smallest absolute Gasteiger partial charge is 0.310 e. The van der Waals surface area contributed by atoms with E-state index in [2.05, 4.69) is 4.98 Å². The van der Waals surface area contributed by atoms with Crippen LogP contribution in [0.25, 0.3) is 22.3 Å². The molecular formula is C31H36N2O5. The van der Waals surface area contributed by atoms with Crippen molar-refractivity contribution >= 4 is 11.9 Å². The van der Waals surface area contributed by atoms with E-state index in [9.17, 15) is 9.59 Å². The fraction of sp³-hybridized carbons (Fsp3) is 0.387. The van der Waals surface area contributed by atoms with E-state index >= 15 is 0 Å². The molecule has 0 bridgehead atoms. The summed E-state index contributed by atoms with van der Waals surface area (Å²) in [7, 11) is 1.64. The Balaban J connectivity index is 1.96. The maximum absolute atomic E-state index is 13.2. The van der Waals surface area contributed by atoms with Gasteiger partial charge in [-0.05, 0) is 68.0 Å². The van der Waals surface area contributed by atoms with Gasteiger partial charge in [0.25, 0.3) is 0 Å². The number of rotatable bonds is 12. The number of nitrogens with zero attached hydrogens (tertiary/aromatic N) is 2. The second kappa shape index (κ2) is 12.6. The van der Waals surface area contributed by atoms with Crippen LogP contribution in [-0.2, 0) is 27.3 Å². The van der Waals surface area contributed by atoms with Crippen LogP contribution in [0, 0.1) is 5.92 Å². The number of carbonyl (C=O) groups is 2. The fourth-order valence-corrected chi connectivity index (χ4v) is 4.72. The molecule has 3 aromatic rings. The van der Waals surface area contributed by atoms with Gasteiger partial charge < -0.3 is 19.1 Å². The van der Waals surface area contributed by atoms with E-state index < -0.39 is 0 Å². The Kier molecular flexibility index (Phi) is 9.00. The number of aromatic nitrogens is 1. The van der Waals surface area contributed by atoms with Crippen LogP contribution in [0.2, 0.25) is 0 Å². The number of hydrogen-bond donors (Lipinski definition) is 0. The Morgan fingerprint density at radius 1 is 0.974 bits per heavy atom. The van der Waals surface area contributed by atoms with Gasteiger partial charge in [-0.1, -0.05) is 30.3 Å². The van der Waals surface area contributed by atoms with Crippen LogP contribution in [-0.4, -0.2) is 48.6 Å². The highest BCUT2D eigenvalue weighted by molar-refractivity contribution is 5.87. The topological polar surface area (TPSA) is 78.0 Å². The summed E-state index contributed by atoms with van der Waals surface area (Å²) < 4.78 is 16.9. The molecule has 0 saturated heterocycles.